The molecule has 0 fully saturated rings. The van der Waals surface area contributed by atoms with Gasteiger partial charge in [-0.1, -0.05) is 6.07 Å². The summed E-state index contributed by atoms with van der Waals surface area (Å²) in [6.07, 6.45) is -4.64. The predicted octanol–water partition coefficient (Wildman–Crippen LogP) is 4.72. The van der Waals surface area contributed by atoms with E-state index in [0.29, 0.717) is 6.07 Å². The number of anilines is 2. The molecular weight excluding hydrogens is 371 g/mol. The number of hydrazine groups is 1. The van der Waals surface area contributed by atoms with Gasteiger partial charge in [-0.3, -0.25) is 10.9 Å². The van der Waals surface area contributed by atoms with E-state index in [-0.39, 0.29) is 5.69 Å². The molecule has 0 aliphatic rings. The molecule has 0 heterocycles. The number of amides is 2. The zero-order chi connectivity index (χ0) is 19.6. The molecule has 0 saturated carbocycles. The van der Waals surface area contributed by atoms with Crippen molar-refractivity contribution in [2.75, 3.05) is 10.7 Å². The van der Waals surface area contributed by atoms with Gasteiger partial charge in [0.15, 0.2) is 23.3 Å². The van der Waals surface area contributed by atoms with E-state index in [1.165, 1.54) is 0 Å². The van der Waals surface area contributed by atoms with Crippen molar-refractivity contribution in [1.82, 2.24) is 5.43 Å². The fourth-order valence-corrected chi connectivity index (χ4v) is 1.91. The standard InChI is InChI=1S/C15H10F7N3O/c1-6-9(16)11(18)13(12(19)10(6)17)24-25-14(26)23-8-4-2-3-7(5-8)15(20,21)22/h2-5,24H,1H3,(H2,23,25,26). The largest absolute Gasteiger partial charge is 0.416 e. The average molecular weight is 381 g/mol. The lowest BCUT2D eigenvalue weighted by Gasteiger charge is -2.14. The lowest BCUT2D eigenvalue weighted by atomic mass is 10.2. The van der Waals surface area contributed by atoms with E-state index in [1.807, 2.05) is 5.32 Å². The summed E-state index contributed by atoms with van der Waals surface area (Å²) in [5.41, 5.74) is -0.199. The van der Waals surface area contributed by atoms with Gasteiger partial charge in [0.05, 0.1) is 5.56 Å². The molecule has 2 aromatic rings. The second-order valence-electron chi connectivity index (χ2n) is 5.04. The lowest BCUT2D eigenvalue weighted by molar-refractivity contribution is -0.137. The Hall–Kier alpha value is -2.98. The first kappa shape index (κ1) is 19.3. The number of rotatable bonds is 3. The molecule has 0 unspecified atom stereocenters. The van der Waals surface area contributed by atoms with E-state index >= 15 is 0 Å². The van der Waals surface area contributed by atoms with Gasteiger partial charge in [0, 0.05) is 11.3 Å². The van der Waals surface area contributed by atoms with Crippen LogP contribution < -0.4 is 16.2 Å². The molecule has 0 bridgehead atoms. The molecule has 0 aromatic heterocycles. The molecule has 0 aliphatic heterocycles. The maximum atomic E-state index is 13.6. The highest BCUT2D eigenvalue weighted by molar-refractivity contribution is 5.90. The van der Waals surface area contributed by atoms with E-state index in [0.717, 1.165) is 25.1 Å². The van der Waals surface area contributed by atoms with Crippen molar-refractivity contribution in [2.45, 2.75) is 13.1 Å². The Labute approximate surface area is 142 Å². The molecular formula is C15H10F7N3O. The SMILES string of the molecule is Cc1c(F)c(F)c(NNC(=O)Nc2cccc(C(F)(F)F)c2)c(F)c1F. The molecule has 0 saturated heterocycles. The van der Waals surface area contributed by atoms with E-state index in [4.69, 9.17) is 0 Å². The van der Waals surface area contributed by atoms with Crippen LogP contribution in [-0.4, -0.2) is 6.03 Å². The van der Waals surface area contributed by atoms with Gasteiger partial charge in [-0.05, 0) is 25.1 Å². The molecule has 140 valence electrons. The van der Waals surface area contributed by atoms with Crippen LogP contribution in [0.1, 0.15) is 11.1 Å². The van der Waals surface area contributed by atoms with Crippen LogP contribution >= 0.6 is 0 Å². The normalized spacial score (nSPS) is 11.2. The van der Waals surface area contributed by atoms with Gasteiger partial charge in [-0.25, -0.2) is 22.4 Å². The van der Waals surface area contributed by atoms with Crippen molar-refractivity contribution in [3.05, 3.63) is 58.7 Å². The minimum absolute atomic E-state index is 0.277. The molecule has 4 nitrogen and oxygen atoms in total. The summed E-state index contributed by atoms with van der Waals surface area (Å²) >= 11 is 0. The predicted molar refractivity (Wildman–Crippen MR) is 78.2 cm³/mol. The first-order chi connectivity index (χ1) is 12.0. The minimum atomic E-state index is -4.64. The molecule has 3 N–H and O–H groups in total. The number of urea groups is 1. The fourth-order valence-electron chi connectivity index (χ4n) is 1.91. The number of carbonyl (C=O) groups is 1. The number of alkyl halides is 3. The fraction of sp³-hybridized carbons (Fsp3) is 0.133. The molecule has 2 rings (SSSR count). The van der Waals surface area contributed by atoms with Crippen LogP contribution in [0.5, 0.6) is 0 Å². The van der Waals surface area contributed by atoms with Gasteiger partial charge in [0.1, 0.15) is 5.69 Å². The zero-order valence-corrected chi connectivity index (χ0v) is 12.9. The van der Waals surface area contributed by atoms with E-state index in [2.05, 4.69) is 0 Å². The van der Waals surface area contributed by atoms with Crippen molar-refractivity contribution in [1.29, 1.82) is 0 Å². The molecule has 11 heteroatoms. The molecule has 2 aromatic carbocycles. The smallest absolute Gasteiger partial charge is 0.307 e. The van der Waals surface area contributed by atoms with Crippen LogP contribution in [0.3, 0.4) is 0 Å². The van der Waals surface area contributed by atoms with E-state index in [9.17, 15) is 35.5 Å². The number of halogens is 7. The molecule has 0 aliphatic carbocycles. The van der Waals surface area contributed by atoms with Gasteiger partial charge in [0.25, 0.3) is 0 Å². The molecule has 26 heavy (non-hydrogen) atoms. The first-order valence-electron chi connectivity index (χ1n) is 6.85. The van der Waals surface area contributed by atoms with Gasteiger partial charge >= 0.3 is 12.2 Å². The molecule has 0 radical (unpaired) electrons. The second-order valence-corrected chi connectivity index (χ2v) is 5.04. The minimum Gasteiger partial charge on any atom is -0.307 e. The summed E-state index contributed by atoms with van der Waals surface area (Å²) in [7, 11) is 0. The average Bonchev–Trinajstić information content (AvgIpc) is 2.57. The van der Waals surface area contributed by atoms with Gasteiger partial charge < -0.3 is 5.32 Å². The van der Waals surface area contributed by atoms with Crippen molar-refractivity contribution in [2.24, 2.45) is 0 Å². The summed E-state index contributed by atoms with van der Waals surface area (Å²) in [6.45, 7) is 0.814. The van der Waals surface area contributed by atoms with Crippen molar-refractivity contribution >= 4 is 17.4 Å². The summed E-state index contributed by atoms with van der Waals surface area (Å²) in [5, 5.41) is 1.96. The Bertz CT molecular complexity index is 823. The van der Waals surface area contributed by atoms with Crippen LogP contribution in [0.15, 0.2) is 24.3 Å². The van der Waals surface area contributed by atoms with Crippen LogP contribution in [-0.2, 0) is 6.18 Å². The highest BCUT2D eigenvalue weighted by Crippen LogP contribution is 2.30. The van der Waals surface area contributed by atoms with E-state index in [1.54, 1.807) is 10.9 Å². The van der Waals surface area contributed by atoms with Gasteiger partial charge in [0.2, 0.25) is 0 Å². The van der Waals surface area contributed by atoms with Crippen molar-refractivity contribution in [3.8, 4) is 0 Å². The Morgan fingerprint density at radius 3 is 2.08 bits per heavy atom. The summed E-state index contributed by atoms with van der Waals surface area (Å²) < 4.78 is 91.8. The molecule has 2 amide bonds. The van der Waals surface area contributed by atoms with Crippen molar-refractivity contribution in [3.63, 3.8) is 0 Å². The first-order valence-corrected chi connectivity index (χ1v) is 6.85. The van der Waals surface area contributed by atoms with Gasteiger partial charge in [-0.15, -0.1) is 0 Å². The Morgan fingerprint density at radius 1 is 0.962 bits per heavy atom. The third-order valence-corrected chi connectivity index (χ3v) is 3.23. The second kappa shape index (κ2) is 7.10. The Kier molecular flexibility index (Phi) is 5.28. The van der Waals surface area contributed by atoms with Crippen LogP contribution in [0, 0.1) is 30.2 Å². The van der Waals surface area contributed by atoms with Gasteiger partial charge in [-0.2, -0.15) is 13.2 Å². The quantitative estimate of drug-likeness (QED) is 0.410. The number of hydrogen-bond acceptors (Lipinski definition) is 2. The third kappa shape index (κ3) is 3.98. The number of nitrogens with one attached hydrogen (secondary N) is 3. The molecule has 0 atom stereocenters. The Balaban J connectivity index is 2.11. The maximum Gasteiger partial charge on any atom is 0.416 e. The number of carbonyl (C=O) groups excluding carboxylic acids is 1. The maximum absolute atomic E-state index is 13.6. The monoisotopic (exact) mass is 381 g/mol. The third-order valence-electron chi connectivity index (χ3n) is 3.23. The topological polar surface area (TPSA) is 53.2 Å². The highest BCUT2D eigenvalue weighted by atomic mass is 19.4. The van der Waals surface area contributed by atoms with Crippen LogP contribution in [0.2, 0.25) is 0 Å². The molecule has 0 spiro atoms. The summed E-state index contributed by atoms with van der Waals surface area (Å²) in [4.78, 5) is 11.6. The number of benzene rings is 2. The van der Waals surface area contributed by atoms with Crippen molar-refractivity contribution < 1.29 is 35.5 Å². The Morgan fingerprint density at radius 2 is 1.54 bits per heavy atom. The number of hydrogen-bond donors (Lipinski definition) is 3. The zero-order valence-electron chi connectivity index (χ0n) is 12.9. The van der Waals surface area contributed by atoms with Crippen LogP contribution in [0.25, 0.3) is 0 Å². The van der Waals surface area contributed by atoms with E-state index < -0.39 is 52.3 Å². The highest BCUT2D eigenvalue weighted by Gasteiger charge is 2.30. The lowest BCUT2D eigenvalue weighted by Crippen LogP contribution is -2.34. The summed E-state index contributed by atoms with van der Waals surface area (Å²) in [5.74, 6) is -6.88. The van der Waals surface area contributed by atoms with Crippen LogP contribution in [0.4, 0.5) is 46.9 Å². The summed E-state index contributed by atoms with van der Waals surface area (Å²) in [6, 6.07) is 2.30.